The highest BCUT2D eigenvalue weighted by Crippen LogP contribution is 2.34. The lowest BCUT2D eigenvalue weighted by molar-refractivity contribution is -0.130. The minimum absolute atomic E-state index is 0. The van der Waals surface area contributed by atoms with Crippen molar-refractivity contribution in [2.75, 3.05) is 6.54 Å². The zero-order valence-electron chi connectivity index (χ0n) is 16.4. The van der Waals surface area contributed by atoms with E-state index in [9.17, 15) is 4.79 Å². The highest BCUT2D eigenvalue weighted by molar-refractivity contribution is 6.31. The van der Waals surface area contributed by atoms with E-state index < -0.39 is 0 Å². The van der Waals surface area contributed by atoms with Gasteiger partial charge in [-0.2, -0.15) is 0 Å². The second-order valence-corrected chi connectivity index (χ2v) is 8.48. The average Bonchev–Trinajstić information content (AvgIpc) is 3.10. The summed E-state index contributed by atoms with van der Waals surface area (Å²) >= 11 is 6.63. The lowest BCUT2D eigenvalue weighted by Crippen LogP contribution is -2.39. The van der Waals surface area contributed by atoms with Crippen molar-refractivity contribution in [2.45, 2.75) is 57.9 Å². The fraction of sp³-hybridized carbons (Fsp3) is 0.478. The molecular weight excluding hydrogens is 391 g/mol. The maximum absolute atomic E-state index is 12.1. The molecule has 5 heteroatoms. The Kier molecular flexibility index (Phi) is 7.00. The van der Waals surface area contributed by atoms with Gasteiger partial charge in [0.15, 0.2) is 0 Å². The molecule has 0 radical (unpaired) electrons. The van der Waals surface area contributed by atoms with E-state index in [2.05, 4.69) is 34.1 Å². The van der Waals surface area contributed by atoms with E-state index in [1.807, 2.05) is 19.2 Å². The van der Waals surface area contributed by atoms with Crippen molar-refractivity contribution in [3.63, 3.8) is 0 Å². The van der Waals surface area contributed by atoms with Crippen LogP contribution < -0.4 is 0 Å². The lowest BCUT2D eigenvalue weighted by atomic mass is 9.81. The normalized spacial score (nSPS) is 22.2. The molecule has 2 fully saturated rings. The number of hydrogen-bond donors (Lipinski definition) is 0. The van der Waals surface area contributed by atoms with Crippen LogP contribution in [0.25, 0.3) is 11.1 Å². The van der Waals surface area contributed by atoms with E-state index in [4.69, 9.17) is 11.6 Å². The van der Waals surface area contributed by atoms with Crippen LogP contribution in [0.2, 0.25) is 5.02 Å². The molecule has 28 heavy (non-hydrogen) atoms. The Morgan fingerprint density at radius 3 is 2.64 bits per heavy atom. The number of likely N-dealkylation sites (tertiary alicyclic amines) is 1. The van der Waals surface area contributed by atoms with Gasteiger partial charge in [-0.25, -0.2) is 0 Å². The third-order valence-electron chi connectivity index (χ3n) is 6.11. The highest BCUT2D eigenvalue weighted by atomic mass is 35.5. The number of nitrogens with zero attached hydrogens (tertiary/aromatic N) is 2. The molecule has 2 aliphatic rings. The number of amides is 1. The first-order chi connectivity index (χ1) is 13.1. The van der Waals surface area contributed by atoms with Gasteiger partial charge >= 0.3 is 0 Å². The Morgan fingerprint density at radius 1 is 1.14 bits per heavy atom. The van der Waals surface area contributed by atoms with E-state index in [1.165, 1.54) is 18.4 Å². The molecule has 1 aliphatic carbocycles. The number of aryl methyl sites for hydroxylation is 1. The van der Waals surface area contributed by atoms with Crippen LogP contribution in [-0.4, -0.2) is 28.4 Å². The van der Waals surface area contributed by atoms with E-state index in [0.29, 0.717) is 17.9 Å². The molecule has 2 aromatic rings. The second kappa shape index (κ2) is 9.28. The van der Waals surface area contributed by atoms with Crippen LogP contribution in [0.1, 0.15) is 49.8 Å². The summed E-state index contributed by atoms with van der Waals surface area (Å²) in [6.07, 6.45) is 9.40. The largest absolute Gasteiger partial charge is 0.340 e. The van der Waals surface area contributed by atoms with Gasteiger partial charge in [0.25, 0.3) is 0 Å². The molecule has 2 unspecified atom stereocenters. The first kappa shape index (κ1) is 21.1. The maximum atomic E-state index is 12.1. The molecule has 1 amide bonds. The number of hydrogen-bond acceptors (Lipinski definition) is 2. The first-order valence-corrected chi connectivity index (χ1v) is 10.5. The molecule has 1 saturated heterocycles. The van der Waals surface area contributed by atoms with Gasteiger partial charge in [0.2, 0.25) is 5.91 Å². The van der Waals surface area contributed by atoms with Gasteiger partial charge in [-0.3, -0.25) is 9.78 Å². The minimum atomic E-state index is 0. The minimum Gasteiger partial charge on any atom is -0.340 e. The Morgan fingerprint density at radius 2 is 1.96 bits per heavy atom. The summed E-state index contributed by atoms with van der Waals surface area (Å²) in [7, 11) is 0. The SMILES string of the molecule is Cc1ccc(-c2ccc(CC3CCCC(N4CCCC4=O)C3)c(Cl)c2)cn1.Cl. The van der Waals surface area contributed by atoms with Crippen molar-refractivity contribution in [3.05, 3.63) is 52.8 Å². The number of halogens is 2. The zero-order chi connectivity index (χ0) is 18.8. The van der Waals surface area contributed by atoms with E-state index >= 15 is 0 Å². The van der Waals surface area contributed by atoms with Gasteiger partial charge in [-0.15, -0.1) is 12.4 Å². The van der Waals surface area contributed by atoms with Crippen LogP contribution in [0, 0.1) is 12.8 Å². The van der Waals surface area contributed by atoms with Crippen molar-refractivity contribution >= 4 is 29.9 Å². The predicted molar refractivity (Wildman–Crippen MR) is 117 cm³/mol. The summed E-state index contributed by atoms with van der Waals surface area (Å²) in [4.78, 5) is 18.6. The van der Waals surface area contributed by atoms with Gasteiger partial charge < -0.3 is 4.90 Å². The summed E-state index contributed by atoms with van der Waals surface area (Å²) in [6, 6.07) is 10.9. The predicted octanol–water partition coefficient (Wildman–Crippen LogP) is 5.86. The Labute approximate surface area is 178 Å². The number of pyridine rings is 1. The van der Waals surface area contributed by atoms with E-state index in [1.54, 1.807) is 0 Å². The van der Waals surface area contributed by atoms with Crippen molar-refractivity contribution in [3.8, 4) is 11.1 Å². The zero-order valence-corrected chi connectivity index (χ0v) is 17.9. The second-order valence-electron chi connectivity index (χ2n) is 8.08. The maximum Gasteiger partial charge on any atom is 0.222 e. The Bertz CT molecular complexity index is 822. The van der Waals surface area contributed by atoms with Crippen molar-refractivity contribution < 1.29 is 4.79 Å². The van der Waals surface area contributed by atoms with Crippen LogP contribution >= 0.6 is 24.0 Å². The van der Waals surface area contributed by atoms with Crippen molar-refractivity contribution in [1.29, 1.82) is 0 Å². The molecule has 4 rings (SSSR count). The lowest BCUT2D eigenvalue weighted by Gasteiger charge is -2.35. The quantitative estimate of drug-likeness (QED) is 0.622. The number of carbonyl (C=O) groups excluding carboxylic acids is 1. The van der Waals surface area contributed by atoms with Gasteiger partial charge in [-0.1, -0.05) is 36.2 Å². The molecule has 1 aromatic heterocycles. The molecule has 150 valence electrons. The third kappa shape index (κ3) is 4.69. The molecule has 3 nitrogen and oxygen atoms in total. The average molecular weight is 419 g/mol. The summed E-state index contributed by atoms with van der Waals surface area (Å²) in [5.41, 5.74) is 4.45. The van der Waals surface area contributed by atoms with E-state index in [-0.39, 0.29) is 12.4 Å². The molecule has 1 saturated carbocycles. The van der Waals surface area contributed by atoms with Crippen molar-refractivity contribution in [2.24, 2.45) is 5.92 Å². The van der Waals surface area contributed by atoms with Gasteiger partial charge in [0.1, 0.15) is 0 Å². The van der Waals surface area contributed by atoms with E-state index in [0.717, 1.165) is 60.5 Å². The summed E-state index contributed by atoms with van der Waals surface area (Å²) < 4.78 is 0. The van der Waals surface area contributed by atoms with Crippen LogP contribution in [0.3, 0.4) is 0 Å². The molecule has 1 aliphatic heterocycles. The van der Waals surface area contributed by atoms with Gasteiger partial charge in [0, 0.05) is 41.5 Å². The summed E-state index contributed by atoms with van der Waals surface area (Å²) in [5.74, 6) is 0.969. The fourth-order valence-electron chi connectivity index (χ4n) is 4.63. The Balaban J connectivity index is 0.00000225. The number of carbonyl (C=O) groups is 1. The smallest absolute Gasteiger partial charge is 0.222 e. The molecule has 1 aromatic carbocycles. The summed E-state index contributed by atoms with van der Waals surface area (Å²) in [6.45, 7) is 2.95. The Hall–Kier alpha value is -1.58. The topological polar surface area (TPSA) is 33.2 Å². The van der Waals surface area contributed by atoms with Gasteiger partial charge in [0.05, 0.1) is 0 Å². The van der Waals surface area contributed by atoms with Crippen molar-refractivity contribution in [1.82, 2.24) is 9.88 Å². The molecule has 2 atom stereocenters. The van der Waals surface area contributed by atoms with Gasteiger partial charge in [-0.05, 0) is 68.2 Å². The number of rotatable bonds is 4. The third-order valence-corrected chi connectivity index (χ3v) is 6.46. The first-order valence-electron chi connectivity index (χ1n) is 10.1. The molecule has 2 heterocycles. The molecule has 0 spiro atoms. The molecule has 0 N–H and O–H groups in total. The fourth-order valence-corrected chi connectivity index (χ4v) is 4.89. The standard InChI is InChI=1S/C23H27ClN2O.ClH/c1-16-7-8-20(15-25-16)18-9-10-19(22(24)14-18)12-17-4-2-5-21(13-17)26-11-3-6-23(26)27;/h7-10,14-15,17,21H,2-6,11-13H2,1H3;1H. The monoisotopic (exact) mass is 418 g/mol. The number of benzene rings is 1. The summed E-state index contributed by atoms with van der Waals surface area (Å²) in [5, 5.41) is 0.840. The van der Waals surface area contributed by atoms with Crippen LogP contribution in [0.4, 0.5) is 0 Å². The molecular formula is C23H28Cl2N2O. The van der Waals surface area contributed by atoms with Crippen LogP contribution in [0.15, 0.2) is 36.5 Å². The number of aromatic nitrogens is 1. The van der Waals surface area contributed by atoms with Crippen LogP contribution in [-0.2, 0) is 11.2 Å². The molecule has 0 bridgehead atoms. The van der Waals surface area contributed by atoms with Crippen LogP contribution in [0.5, 0.6) is 0 Å². The highest BCUT2D eigenvalue weighted by Gasteiger charge is 2.32.